The van der Waals surface area contributed by atoms with Crippen molar-refractivity contribution in [2.24, 2.45) is 0 Å². The van der Waals surface area contributed by atoms with Gasteiger partial charge < -0.3 is 10.1 Å². The lowest BCUT2D eigenvalue weighted by molar-refractivity contribution is 0.0802. The predicted octanol–water partition coefficient (Wildman–Crippen LogP) is 3.41. The van der Waals surface area contributed by atoms with Crippen LogP contribution in [0.1, 0.15) is 25.3 Å². The van der Waals surface area contributed by atoms with E-state index in [0.717, 1.165) is 38.4 Å². The molecule has 0 aliphatic carbocycles. The number of halogens is 1. The summed E-state index contributed by atoms with van der Waals surface area (Å²) in [7, 11) is 0. The molecule has 0 bridgehead atoms. The molecule has 0 radical (unpaired) electrons. The third-order valence-electron chi connectivity index (χ3n) is 3.58. The van der Waals surface area contributed by atoms with Gasteiger partial charge in [0.15, 0.2) is 0 Å². The highest BCUT2D eigenvalue weighted by Gasteiger charge is 2.32. The molecule has 3 nitrogen and oxygen atoms in total. The Morgan fingerprint density at radius 1 is 1.45 bits per heavy atom. The lowest BCUT2D eigenvalue weighted by Gasteiger charge is -2.37. The average molecular weight is 294 g/mol. The van der Waals surface area contributed by atoms with E-state index in [1.165, 1.54) is 6.07 Å². The molecule has 1 aliphatic heterocycles. The van der Waals surface area contributed by atoms with Gasteiger partial charge in [-0.1, -0.05) is 13.0 Å². The highest BCUT2D eigenvalue weighted by Crippen LogP contribution is 2.36. The number of benzene rings is 1. The van der Waals surface area contributed by atoms with E-state index in [1.807, 2.05) is 17.8 Å². The van der Waals surface area contributed by atoms with E-state index in [-0.39, 0.29) is 10.3 Å². The summed E-state index contributed by atoms with van der Waals surface area (Å²) >= 11 is 1.92. The Morgan fingerprint density at radius 2 is 2.20 bits per heavy atom. The van der Waals surface area contributed by atoms with Crippen molar-refractivity contribution in [3.8, 4) is 6.07 Å². The van der Waals surface area contributed by atoms with Crippen LogP contribution in [0.25, 0.3) is 0 Å². The molecular formula is C15H19FN2OS. The molecule has 20 heavy (non-hydrogen) atoms. The summed E-state index contributed by atoms with van der Waals surface area (Å²) in [5.74, 6) is 0.567. The van der Waals surface area contributed by atoms with Gasteiger partial charge in [0.1, 0.15) is 17.4 Å². The number of hydrogen-bond donors (Lipinski definition) is 1. The molecule has 0 unspecified atom stereocenters. The lowest BCUT2D eigenvalue weighted by Crippen LogP contribution is -2.40. The Hall–Kier alpha value is -1.25. The molecule has 1 aromatic carbocycles. The van der Waals surface area contributed by atoms with Gasteiger partial charge in [-0.15, -0.1) is 0 Å². The molecular weight excluding hydrogens is 275 g/mol. The van der Waals surface area contributed by atoms with Gasteiger partial charge in [-0.05, 0) is 30.7 Å². The third-order valence-corrected chi connectivity index (χ3v) is 5.03. The van der Waals surface area contributed by atoms with Crippen molar-refractivity contribution in [3.63, 3.8) is 0 Å². The average Bonchev–Trinajstić information content (AvgIpc) is 2.46. The number of rotatable bonds is 5. The van der Waals surface area contributed by atoms with Gasteiger partial charge in [0.25, 0.3) is 0 Å². The molecule has 1 aliphatic rings. The highest BCUT2D eigenvalue weighted by atomic mass is 32.2. The number of ether oxygens (including phenoxy) is 1. The molecule has 0 aromatic heterocycles. The number of anilines is 1. The van der Waals surface area contributed by atoms with Crippen molar-refractivity contribution in [3.05, 3.63) is 29.6 Å². The first-order valence-corrected chi connectivity index (χ1v) is 7.83. The largest absolute Gasteiger partial charge is 0.382 e. The fourth-order valence-electron chi connectivity index (χ4n) is 2.46. The van der Waals surface area contributed by atoms with Crippen molar-refractivity contribution in [2.75, 3.05) is 30.8 Å². The Kier molecular flexibility index (Phi) is 5.27. The number of nitriles is 1. The van der Waals surface area contributed by atoms with Crippen LogP contribution >= 0.6 is 11.8 Å². The Morgan fingerprint density at radius 3 is 2.85 bits per heavy atom. The Bertz CT molecular complexity index is 490. The minimum absolute atomic E-state index is 0.0937. The van der Waals surface area contributed by atoms with Crippen molar-refractivity contribution in [1.29, 1.82) is 5.26 Å². The quantitative estimate of drug-likeness (QED) is 0.904. The normalized spacial score (nSPS) is 17.4. The van der Waals surface area contributed by atoms with E-state index in [0.29, 0.717) is 5.69 Å². The zero-order valence-electron chi connectivity index (χ0n) is 11.6. The first kappa shape index (κ1) is 15.1. The van der Waals surface area contributed by atoms with Crippen molar-refractivity contribution < 1.29 is 9.13 Å². The van der Waals surface area contributed by atoms with Gasteiger partial charge in [0.05, 0.1) is 5.69 Å². The highest BCUT2D eigenvalue weighted by molar-refractivity contribution is 8.00. The van der Waals surface area contributed by atoms with Crippen molar-refractivity contribution in [2.45, 2.75) is 24.5 Å². The molecule has 2 rings (SSSR count). The molecule has 1 heterocycles. The van der Waals surface area contributed by atoms with E-state index in [2.05, 4.69) is 12.2 Å². The maximum atomic E-state index is 13.6. The minimum Gasteiger partial charge on any atom is -0.382 e. The van der Waals surface area contributed by atoms with Crippen LogP contribution in [-0.4, -0.2) is 30.3 Å². The number of nitrogens with one attached hydrogen (secondary N) is 1. The van der Waals surface area contributed by atoms with Gasteiger partial charge in [0.2, 0.25) is 0 Å². The maximum absolute atomic E-state index is 13.6. The number of hydrogen-bond acceptors (Lipinski definition) is 4. The van der Waals surface area contributed by atoms with Gasteiger partial charge in [-0.25, -0.2) is 4.39 Å². The first-order chi connectivity index (χ1) is 9.71. The molecule has 0 atom stereocenters. The second-order valence-corrected chi connectivity index (χ2v) is 6.59. The summed E-state index contributed by atoms with van der Waals surface area (Å²) in [6, 6.07) is 6.62. The molecule has 1 aromatic rings. The SMILES string of the molecule is CCSC1(CNc2cccc(F)c2C#N)CCOCC1. The smallest absolute Gasteiger partial charge is 0.143 e. The monoisotopic (exact) mass is 294 g/mol. The topological polar surface area (TPSA) is 45.0 Å². The second kappa shape index (κ2) is 6.96. The first-order valence-electron chi connectivity index (χ1n) is 6.85. The summed E-state index contributed by atoms with van der Waals surface area (Å²) < 4.78 is 19.1. The molecule has 0 amide bonds. The second-order valence-electron chi connectivity index (χ2n) is 4.86. The van der Waals surface area contributed by atoms with Crippen LogP contribution in [0.3, 0.4) is 0 Å². The van der Waals surface area contributed by atoms with Gasteiger partial charge >= 0.3 is 0 Å². The minimum atomic E-state index is -0.471. The maximum Gasteiger partial charge on any atom is 0.143 e. The standard InChI is InChI=1S/C15H19FN2OS/c1-2-20-15(6-8-19-9-7-15)11-18-14-5-3-4-13(16)12(14)10-17/h3-5,18H,2,6-9,11H2,1H3. The fourth-order valence-corrected chi connectivity index (χ4v) is 3.71. The molecule has 1 saturated heterocycles. The number of thioether (sulfide) groups is 1. The zero-order valence-corrected chi connectivity index (χ0v) is 12.4. The summed E-state index contributed by atoms with van der Waals surface area (Å²) in [5, 5.41) is 12.3. The molecule has 1 N–H and O–H groups in total. The Labute approximate surface area is 123 Å². The van der Waals surface area contributed by atoms with Crippen molar-refractivity contribution in [1.82, 2.24) is 0 Å². The van der Waals surface area contributed by atoms with E-state index in [9.17, 15) is 4.39 Å². The van der Waals surface area contributed by atoms with Gasteiger partial charge in [-0.3, -0.25) is 0 Å². The third kappa shape index (κ3) is 3.44. The molecule has 108 valence electrons. The van der Waals surface area contributed by atoms with E-state index in [1.54, 1.807) is 12.1 Å². The molecule has 0 saturated carbocycles. The van der Waals surface area contributed by atoms with E-state index >= 15 is 0 Å². The van der Waals surface area contributed by atoms with E-state index < -0.39 is 5.82 Å². The number of nitrogens with zero attached hydrogens (tertiary/aromatic N) is 1. The Balaban J connectivity index is 2.10. The molecule has 5 heteroatoms. The van der Waals surface area contributed by atoms with E-state index in [4.69, 9.17) is 10.00 Å². The molecule has 1 fully saturated rings. The summed E-state index contributed by atoms with van der Waals surface area (Å²) in [5.41, 5.74) is 0.672. The zero-order chi connectivity index (χ0) is 14.4. The lowest BCUT2D eigenvalue weighted by atomic mass is 9.98. The summed E-state index contributed by atoms with van der Waals surface area (Å²) in [6.45, 7) is 4.41. The summed E-state index contributed by atoms with van der Waals surface area (Å²) in [6.07, 6.45) is 1.96. The molecule has 0 spiro atoms. The van der Waals surface area contributed by atoms with Crippen LogP contribution in [0.5, 0.6) is 0 Å². The van der Waals surface area contributed by atoms with Gasteiger partial charge in [0, 0.05) is 24.5 Å². The van der Waals surface area contributed by atoms with Gasteiger partial charge in [-0.2, -0.15) is 17.0 Å². The van der Waals surface area contributed by atoms with Crippen molar-refractivity contribution >= 4 is 17.4 Å². The fraction of sp³-hybridized carbons (Fsp3) is 0.533. The van der Waals surface area contributed by atoms with Crippen LogP contribution in [0.4, 0.5) is 10.1 Å². The van der Waals surface area contributed by atoms with Crippen LogP contribution in [0.2, 0.25) is 0 Å². The van der Waals surface area contributed by atoms with Crippen LogP contribution < -0.4 is 5.32 Å². The summed E-state index contributed by atoms with van der Waals surface area (Å²) in [4.78, 5) is 0. The van der Waals surface area contributed by atoms with Crippen LogP contribution in [0, 0.1) is 17.1 Å². The predicted molar refractivity (Wildman–Crippen MR) is 80.5 cm³/mol. The van der Waals surface area contributed by atoms with Crippen LogP contribution in [0.15, 0.2) is 18.2 Å². The van der Waals surface area contributed by atoms with Crippen LogP contribution in [-0.2, 0) is 4.74 Å².